The van der Waals surface area contributed by atoms with Crippen LogP contribution in [0.3, 0.4) is 0 Å². The topological polar surface area (TPSA) is 38.9 Å². The Bertz CT molecular complexity index is 335. The summed E-state index contributed by atoms with van der Waals surface area (Å²) in [5.41, 5.74) is 3.67. The van der Waals surface area contributed by atoms with Crippen LogP contribution in [0.5, 0.6) is 0 Å². The number of hydrogen-bond donors (Lipinski definition) is 1. The third-order valence-electron chi connectivity index (χ3n) is 1.57. The Morgan fingerprint density at radius 1 is 1.46 bits per heavy atom. The lowest BCUT2D eigenvalue weighted by molar-refractivity contribution is -0.137. The fourth-order valence-corrected chi connectivity index (χ4v) is 1.13. The van der Waals surface area contributed by atoms with E-state index in [1.54, 1.807) is 0 Å². The summed E-state index contributed by atoms with van der Waals surface area (Å²) in [5.74, 6) is 0. The molecule has 2 N–H and O–H groups in total. The van der Waals surface area contributed by atoms with Crippen LogP contribution in [-0.2, 0) is 6.18 Å². The van der Waals surface area contributed by atoms with Crippen molar-refractivity contribution < 1.29 is 13.2 Å². The summed E-state index contributed by atoms with van der Waals surface area (Å²) >= 11 is 5.43. The molecule has 0 fully saturated rings. The fraction of sp³-hybridized carbons (Fsp3) is 0.286. The van der Waals surface area contributed by atoms with E-state index in [4.69, 9.17) is 17.3 Å². The van der Waals surface area contributed by atoms with Gasteiger partial charge in [0.2, 0.25) is 0 Å². The minimum Gasteiger partial charge on any atom is -0.397 e. The molecule has 72 valence electrons. The van der Waals surface area contributed by atoms with E-state index in [2.05, 4.69) is 4.98 Å². The normalized spacial score (nSPS) is 11.8. The van der Waals surface area contributed by atoms with Crippen LogP contribution in [0.2, 0.25) is 5.15 Å². The van der Waals surface area contributed by atoms with Gasteiger partial charge in [0, 0.05) is 5.56 Å². The Hall–Kier alpha value is -0.970. The van der Waals surface area contributed by atoms with Crippen molar-refractivity contribution in [2.45, 2.75) is 13.1 Å². The van der Waals surface area contributed by atoms with Crippen molar-refractivity contribution in [1.29, 1.82) is 0 Å². The Balaban J connectivity index is 3.43. The summed E-state index contributed by atoms with van der Waals surface area (Å²) in [6.45, 7) is 1.23. The molecule has 0 radical (unpaired) electrons. The molecule has 1 rings (SSSR count). The van der Waals surface area contributed by atoms with Crippen molar-refractivity contribution in [3.05, 3.63) is 22.5 Å². The Morgan fingerprint density at radius 3 is 2.38 bits per heavy atom. The summed E-state index contributed by atoms with van der Waals surface area (Å²) in [4.78, 5) is 3.49. The highest BCUT2D eigenvalue weighted by molar-refractivity contribution is 6.30. The minimum atomic E-state index is -4.49. The van der Waals surface area contributed by atoms with Gasteiger partial charge >= 0.3 is 6.18 Å². The molecule has 0 aliphatic heterocycles. The SMILES string of the molecule is Cc1c(Cl)ncc(N)c1C(F)(F)F. The summed E-state index contributed by atoms with van der Waals surface area (Å²) in [6.07, 6.45) is -3.58. The average molecular weight is 211 g/mol. The van der Waals surface area contributed by atoms with Gasteiger partial charge in [-0.15, -0.1) is 0 Å². The van der Waals surface area contributed by atoms with Crippen LogP contribution in [0.15, 0.2) is 6.20 Å². The lowest BCUT2D eigenvalue weighted by Crippen LogP contribution is -2.12. The molecule has 0 aliphatic carbocycles. The van der Waals surface area contributed by atoms with Crippen LogP contribution in [0.4, 0.5) is 18.9 Å². The zero-order chi connectivity index (χ0) is 10.2. The number of hydrogen-bond acceptors (Lipinski definition) is 2. The molecule has 0 aliphatic rings. The molecule has 0 amide bonds. The lowest BCUT2D eigenvalue weighted by atomic mass is 10.1. The van der Waals surface area contributed by atoms with E-state index in [1.165, 1.54) is 6.92 Å². The number of aromatic nitrogens is 1. The van der Waals surface area contributed by atoms with E-state index >= 15 is 0 Å². The van der Waals surface area contributed by atoms with E-state index in [1.807, 2.05) is 0 Å². The van der Waals surface area contributed by atoms with Crippen molar-refractivity contribution >= 4 is 17.3 Å². The standard InChI is InChI=1S/C7H6ClF3N2/c1-3-5(7(9,10)11)4(12)2-13-6(3)8/h2H,12H2,1H3. The third kappa shape index (κ3) is 1.85. The van der Waals surface area contributed by atoms with E-state index in [9.17, 15) is 13.2 Å². The Labute approximate surface area is 77.5 Å². The second-order valence-corrected chi connectivity index (χ2v) is 2.86. The lowest BCUT2D eigenvalue weighted by Gasteiger charge is -2.12. The number of nitrogens with two attached hydrogens (primary N) is 1. The van der Waals surface area contributed by atoms with E-state index in [0.29, 0.717) is 0 Å². The second-order valence-electron chi connectivity index (χ2n) is 2.50. The predicted molar refractivity (Wildman–Crippen MR) is 43.4 cm³/mol. The number of nitrogens with zero attached hydrogens (tertiary/aromatic N) is 1. The number of nitrogen functional groups attached to an aromatic ring is 1. The van der Waals surface area contributed by atoms with Crippen molar-refractivity contribution in [2.24, 2.45) is 0 Å². The van der Waals surface area contributed by atoms with Crippen molar-refractivity contribution in [3.8, 4) is 0 Å². The third-order valence-corrected chi connectivity index (χ3v) is 1.95. The van der Waals surface area contributed by atoms with Gasteiger partial charge in [-0.05, 0) is 6.92 Å². The maximum Gasteiger partial charge on any atom is 0.418 e. The first-order chi connectivity index (χ1) is 5.84. The van der Waals surface area contributed by atoms with Gasteiger partial charge < -0.3 is 5.73 Å². The van der Waals surface area contributed by atoms with Gasteiger partial charge in [-0.2, -0.15) is 13.2 Å². The summed E-state index contributed by atoms with van der Waals surface area (Å²) < 4.78 is 37.0. The molecule has 6 heteroatoms. The molecular weight excluding hydrogens is 205 g/mol. The number of pyridine rings is 1. The molecule has 0 saturated heterocycles. The molecule has 13 heavy (non-hydrogen) atoms. The van der Waals surface area contributed by atoms with Gasteiger partial charge in [0.1, 0.15) is 5.15 Å². The molecular formula is C7H6ClF3N2. The van der Waals surface area contributed by atoms with Crippen LogP contribution >= 0.6 is 11.6 Å². The van der Waals surface area contributed by atoms with Gasteiger partial charge in [0.05, 0.1) is 17.4 Å². The number of rotatable bonds is 0. The summed E-state index contributed by atoms with van der Waals surface area (Å²) in [5, 5.41) is -0.179. The number of halogens is 4. The summed E-state index contributed by atoms with van der Waals surface area (Å²) in [7, 11) is 0. The van der Waals surface area contributed by atoms with E-state index < -0.39 is 17.4 Å². The second kappa shape index (κ2) is 3.06. The molecule has 0 bridgehead atoms. The highest BCUT2D eigenvalue weighted by Crippen LogP contribution is 2.37. The largest absolute Gasteiger partial charge is 0.418 e. The molecule has 1 aromatic heterocycles. The van der Waals surface area contributed by atoms with E-state index in [0.717, 1.165) is 6.20 Å². The maximum absolute atomic E-state index is 12.3. The molecule has 0 saturated carbocycles. The smallest absolute Gasteiger partial charge is 0.397 e. The first kappa shape index (κ1) is 10.1. The van der Waals surface area contributed by atoms with Crippen LogP contribution in [0.25, 0.3) is 0 Å². The van der Waals surface area contributed by atoms with Gasteiger partial charge in [0.15, 0.2) is 0 Å². The highest BCUT2D eigenvalue weighted by atomic mass is 35.5. The molecule has 0 spiro atoms. The maximum atomic E-state index is 12.3. The van der Waals surface area contributed by atoms with Crippen molar-refractivity contribution in [1.82, 2.24) is 4.98 Å². The molecule has 2 nitrogen and oxygen atoms in total. The highest BCUT2D eigenvalue weighted by Gasteiger charge is 2.35. The van der Waals surface area contributed by atoms with Crippen LogP contribution < -0.4 is 5.73 Å². The average Bonchev–Trinajstić information content (AvgIpc) is 1.95. The predicted octanol–water partition coefficient (Wildman–Crippen LogP) is 2.64. The zero-order valence-corrected chi connectivity index (χ0v) is 7.37. The molecule has 0 atom stereocenters. The van der Waals surface area contributed by atoms with E-state index in [-0.39, 0.29) is 10.7 Å². The number of alkyl halides is 3. The molecule has 1 heterocycles. The van der Waals surface area contributed by atoms with Crippen LogP contribution in [0, 0.1) is 6.92 Å². The monoisotopic (exact) mass is 210 g/mol. The first-order valence-electron chi connectivity index (χ1n) is 3.32. The number of anilines is 1. The fourth-order valence-electron chi connectivity index (χ4n) is 0.984. The van der Waals surface area contributed by atoms with Crippen molar-refractivity contribution in [3.63, 3.8) is 0 Å². The van der Waals surface area contributed by atoms with Gasteiger partial charge in [-0.1, -0.05) is 11.6 Å². The molecule has 0 unspecified atom stereocenters. The molecule has 0 aromatic carbocycles. The zero-order valence-electron chi connectivity index (χ0n) is 6.61. The van der Waals surface area contributed by atoms with Crippen molar-refractivity contribution in [2.75, 3.05) is 5.73 Å². The van der Waals surface area contributed by atoms with Gasteiger partial charge in [-0.25, -0.2) is 4.98 Å². The van der Waals surface area contributed by atoms with Crippen LogP contribution in [0.1, 0.15) is 11.1 Å². The summed E-state index contributed by atoms with van der Waals surface area (Å²) in [6, 6.07) is 0. The van der Waals surface area contributed by atoms with Gasteiger partial charge in [-0.3, -0.25) is 0 Å². The minimum absolute atomic E-state index is 0.144. The molecule has 1 aromatic rings. The first-order valence-corrected chi connectivity index (χ1v) is 3.69. The van der Waals surface area contributed by atoms with Crippen LogP contribution in [-0.4, -0.2) is 4.98 Å². The Morgan fingerprint density at radius 2 is 2.00 bits per heavy atom. The van der Waals surface area contributed by atoms with Gasteiger partial charge in [0.25, 0.3) is 0 Å². The Kier molecular flexibility index (Phi) is 2.38. The quantitative estimate of drug-likeness (QED) is 0.669.